The smallest absolute Gasteiger partial charge is 0.343 e. The van der Waals surface area contributed by atoms with Crippen LogP contribution in [0.2, 0.25) is 10.0 Å². The molecule has 0 amide bonds. The van der Waals surface area contributed by atoms with Gasteiger partial charge in [-0.1, -0.05) is 23.2 Å². The van der Waals surface area contributed by atoms with E-state index in [0.29, 0.717) is 0 Å². The zero-order valence-electron chi connectivity index (χ0n) is 17.3. The van der Waals surface area contributed by atoms with Gasteiger partial charge in [-0.15, -0.1) is 0 Å². The van der Waals surface area contributed by atoms with E-state index in [4.69, 9.17) is 56.4 Å². The number of hydrogen-bond donors (Lipinski definition) is 0. The van der Waals surface area contributed by atoms with Crippen molar-refractivity contribution in [3.63, 3.8) is 0 Å². The van der Waals surface area contributed by atoms with Crippen molar-refractivity contribution in [1.29, 1.82) is 0 Å². The third-order valence-corrected chi connectivity index (χ3v) is 5.76. The van der Waals surface area contributed by atoms with Crippen LogP contribution in [0.25, 0.3) is 0 Å². The summed E-state index contributed by atoms with van der Waals surface area (Å²) in [6.07, 6.45) is -1.44. The second-order valence-electron chi connectivity index (χ2n) is 8.32. The zero-order chi connectivity index (χ0) is 21.9. The van der Waals surface area contributed by atoms with Crippen molar-refractivity contribution in [3.8, 4) is 5.75 Å². The van der Waals surface area contributed by atoms with E-state index in [1.807, 2.05) is 13.8 Å². The second kappa shape index (κ2) is 7.48. The Morgan fingerprint density at radius 1 is 1.10 bits per heavy atom. The fraction of sp³-hybridized carbons (Fsp3) is 0.650. The van der Waals surface area contributed by atoms with Gasteiger partial charge in [-0.2, -0.15) is 0 Å². The lowest BCUT2D eigenvalue weighted by atomic mass is 9.97. The molecule has 0 saturated carbocycles. The van der Waals surface area contributed by atoms with Crippen LogP contribution in [0.4, 0.5) is 0 Å². The first-order valence-corrected chi connectivity index (χ1v) is 10.3. The van der Waals surface area contributed by atoms with E-state index in [9.17, 15) is 4.79 Å². The van der Waals surface area contributed by atoms with Crippen molar-refractivity contribution < 1.29 is 38.0 Å². The Morgan fingerprint density at radius 2 is 1.80 bits per heavy atom. The molecule has 0 N–H and O–H groups in total. The van der Waals surface area contributed by atoms with Crippen LogP contribution in [-0.4, -0.2) is 62.0 Å². The molecule has 3 aliphatic rings. The number of benzene rings is 1. The Bertz CT molecular complexity index is 857. The summed E-state index contributed by atoms with van der Waals surface area (Å²) in [6.45, 7) is 7.10. The molecule has 3 aliphatic heterocycles. The lowest BCUT2D eigenvalue weighted by molar-refractivity contribution is -0.293. The first-order chi connectivity index (χ1) is 14.0. The number of rotatable bonds is 4. The number of esters is 1. The highest BCUT2D eigenvalue weighted by Crippen LogP contribution is 2.47. The predicted molar refractivity (Wildman–Crippen MR) is 106 cm³/mol. The van der Waals surface area contributed by atoms with Gasteiger partial charge in [-0.05, 0) is 39.8 Å². The molecule has 0 radical (unpaired) electrons. The molecule has 1 aromatic rings. The molecule has 166 valence electrons. The molecule has 10 heteroatoms. The van der Waals surface area contributed by atoms with E-state index in [0.717, 1.165) is 0 Å². The largest absolute Gasteiger partial charge is 0.494 e. The predicted octanol–water partition coefficient (Wildman–Crippen LogP) is 3.56. The van der Waals surface area contributed by atoms with Gasteiger partial charge in [-0.25, -0.2) is 4.79 Å². The van der Waals surface area contributed by atoms with Gasteiger partial charge in [0.2, 0.25) is 5.79 Å². The number of fused-ring (bicyclic) bond motifs is 3. The standard InChI is InChI=1S/C20H24Cl2O8/c1-18(2)27-12-8-26-20(16(15(12)28-18)29-19(3,4)30-20)9-25-17(23)13-10(21)6-7-11(22)14(13)24-5/h6-7,12,15-16H,8-9H2,1-5H3/t12-,15-,16+,20+/m1/s1. The van der Waals surface area contributed by atoms with Crippen molar-refractivity contribution >= 4 is 29.2 Å². The maximum absolute atomic E-state index is 12.9. The SMILES string of the molecule is COc1c(Cl)ccc(Cl)c1C(=O)OC[C@@]12OC[C@H]3OC(C)(C)O[C@H]3[C@@H]1OC(C)(C)O2. The lowest BCUT2D eigenvalue weighted by Gasteiger charge is -2.40. The summed E-state index contributed by atoms with van der Waals surface area (Å²) in [4.78, 5) is 12.9. The van der Waals surface area contributed by atoms with Crippen molar-refractivity contribution in [3.05, 3.63) is 27.7 Å². The lowest BCUT2D eigenvalue weighted by Crippen LogP contribution is -2.60. The average molecular weight is 463 g/mol. The van der Waals surface area contributed by atoms with Crippen molar-refractivity contribution in [2.24, 2.45) is 0 Å². The van der Waals surface area contributed by atoms with Crippen molar-refractivity contribution in [2.45, 2.75) is 63.4 Å². The molecule has 4 atom stereocenters. The highest BCUT2D eigenvalue weighted by molar-refractivity contribution is 6.37. The highest BCUT2D eigenvalue weighted by atomic mass is 35.5. The molecule has 1 aromatic carbocycles. The number of halogens is 2. The van der Waals surface area contributed by atoms with Gasteiger partial charge in [0, 0.05) is 0 Å². The Balaban J connectivity index is 1.58. The van der Waals surface area contributed by atoms with E-state index >= 15 is 0 Å². The number of carbonyl (C=O) groups is 1. The molecule has 3 saturated heterocycles. The fourth-order valence-electron chi connectivity index (χ4n) is 4.11. The zero-order valence-corrected chi connectivity index (χ0v) is 18.8. The van der Waals surface area contributed by atoms with Crippen LogP contribution < -0.4 is 4.74 Å². The number of ether oxygens (including phenoxy) is 7. The Morgan fingerprint density at radius 3 is 2.50 bits per heavy atom. The van der Waals surface area contributed by atoms with Crippen LogP contribution in [0.5, 0.6) is 5.75 Å². The van der Waals surface area contributed by atoms with Gasteiger partial charge in [-0.3, -0.25) is 0 Å². The summed E-state index contributed by atoms with van der Waals surface area (Å²) in [5, 5.41) is 0.389. The number of hydrogen-bond acceptors (Lipinski definition) is 8. The maximum Gasteiger partial charge on any atom is 0.343 e. The molecule has 30 heavy (non-hydrogen) atoms. The Kier molecular flexibility index (Phi) is 5.50. The summed E-state index contributed by atoms with van der Waals surface area (Å²) in [7, 11) is 1.39. The molecule has 8 nitrogen and oxygen atoms in total. The summed E-state index contributed by atoms with van der Waals surface area (Å²) in [6, 6.07) is 3.03. The van der Waals surface area contributed by atoms with E-state index < -0.39 is 35.5 Å². The minimum absolute atomic E-state index is 0.0214. The van der Waals surface area contributed by atoms with Crippen LogP contribution in [0.15, 0.2) is 12.1 Å². The first-order valence-electron chi connectivity index (χ1n) is 9.54. The minimum atomic E-state index is -1.36. The molecule has 0 unspecified atom stereocenters. The molecule has 0 aliphatic carbocycles. The topological polar surface area (TPSA) is 81.7 Å². The number of methoxy groups -OCH3 is 1. The molecule has 0 spiro atoms. The molecule has 0 bridgehead atoms. The molecule has 0 aromatic heterocycles. The van der Waals surface area contributed by atoms with Gasteiger partial charge in [0.1, 0.15) is 30.5 Å². The number of carbonyl (C=O) groups excluding carboxylic acids is 1. The molecule has 4 rings (SSSR count). The van der Waals surface area contributed by atoms with E-state index in [2.05, 4.69) is 0 Å². The van der Waals surface area contributed by atoms with Crippen LogP contribution in [0.1, 0.15) is 38.1 Å². The molecule has 3 heterocycles. The summed E-state index contributed by atoms with van der Waals surface area (Å²) in [5.74, 6) is -3.72. The van der Waals surface area contributed by atoms with Gasteiger partial charge < -0.3 is 33.2 Å². The fourth-order valence-corrected chi connectivity index (χ4v) is 4.57. The maximum atomic E-state index is 12.9. The van der Waals surface area contributed by atoms with Crippen molar-refractivity contribution in [1.82, 2.24) is 0 Å². The van der Waals surface area contributed by atoms with E-state index in [1.165, 1.54) is 19.2 Å². The second-order valence-corrected chi connectivity index (χ2v) is 9.13. The van der Waals surface area contributed by atoms with Crippen LogP contribution in [0, 0.1) is 0 Å². The average Bonchev–Trinajstić information content (AvgIpc) is 3.12. The van der Waals surface area contributed by atoms with Crippen LogP contribution in [-0.2, 0) is 28.4 Å². The monoisotopic (exact) mass is 462 g/mol. The Labute approximate surface area is 184 Å². The molecular formula is C20H24Cl2O8. The van der Waals surface area contributed by atoms with Crippen LogP contribution >= 0.6 is 23.2 Å². The van der Waals surface area contributed by atoms with Crippen LogP contribution in [0.3, 0.4) is 0 Å². The molecular weight excluding hydrogens is 439 g/mol. The van der Waals surface area contributed by atoms with E-state index in [1.54, 1.807) is 13.8 Å². The third-order valence-electron chi connectivity index (χ3n) is 5.15. The minimum Gasteiger partial charge on any atom is -0.494 e. The quantitative estimate of drug-likeness (QED) is 0.628. The third kappa shape index (κ3) is 3.79. The summed E-state index contributed by atoms with van der Waals surface area (Å²) in [5.41, 5.74) is 0.0214. The highest BCUT2D eigenvalue weighted by Gasteiger charge is 2.66. The van der Waals surface area contributed by atoms with Gasteiger partial charge >= 0.3 is 5.97 Å². The van der Waals surface area contributed by atoms with Gasteiger partial charge in [0.15, 0.2) is 17.3 Å². The first kappa shape index (κ1) is 22.1. The Hall–Kier alpha value is -1.13. The van der Waals surface area contributed by atoms with Gasteiger partial charge in [0.05, 0.1) is 23.8 Å². The normalized spacial score (nSPS) is 33.6. The summed E-state index contributed by atoms with van der Waals surface area (Å²) >= 11 is 12.3. The van der Waals surface area contributed by atoms with E-state index in [-0.39, 0.29) is 40.7 Å². The molecule has 3 fully saturated rings. The summed E-state index contributed by atoms with van der Waals surface area (Å²) < 4.78 is 40.9. The van der Waals surface area contributed by atoms with Gasteiger partial charge in [0.25, 0.3) is 0 Å². The van der Waals surface area contributed by atoms with Crippen molar-refractivity contribution in [2.75, 3.05) is 20.3 Å².